The molecule has 0 radical (unpaired) electrons. The zero-order chi connectivity index (χ0) is 14.9. The average molecular weight is 312 g/mol. The van der Waals surface area contributed by atoms with E-state index in [0.29, 0.717) is 30.7 Å². The molecule has 0 unspecified atom stereocenters. The van der Waals surface area contributed by atoms with Crippen molar-refractivity contribution in [2.45, 2.75) is 50.2 Å². The number of aromatic nitrogens is 2. The van der Waals surface area contributed by atoms with Gasteiger partial charge in [0, 0.05) is 25.7 Å². The fourth-order valence-corrected chi connectivity index (χ4v) is 4.50. The Morgan fingerprint density at radius 3 is 2.62 bits per heavy atom. The highest BCUT2D eigenvalue weighted by molar-refractivity contribution is 7.89. The van der Waals surface area contributed by atoms with Crippen molar-refractivity contribution in [1.29, 1.82) is 0 Å². The van der Waals surface area contributed by atoms with Crippen LogP contribution in [0.5, 0.6) is 0 Å². The van der Waals surface area contributed by atoms with E-state index >= 15 is 0 Å². The summed E-state index contributed by atoms with van der Waals surface area (Å²) in [5.41, 5.74) is 0. The summed E-state index contributed by atoms with van der Waals surface area (Å²) in [6.45, 7) is 4.76. The molecule has 1 saturated carbocycles. The first-order chi connectivity index (χ1) is 10.1. The molecule has 1 N–H and O–H groups in total. The van der Waals surface area contributed by atoms with Gasteiger partial charge in [-0.25, -0.2) is 8.42 Å². The molecule has 6 nitrogen and oxygen atoms in total. The van der Waals surface area contributed by atoms with Crippen molar-refractivity contribution in [2.75, 3.05) is 19.6 Å². The molecule has 118 valence electrons. The number of aryl methyl sites for hydroxylation is 1. The van der Waals surface area contributed by atoms with Gasteiger partial charge < -0.3 is 5.32 Å². The lowest BCUT2D eigenvalue weighted by molar-refractivity contribution is 0.286. The molecule has 0 atom stereocenters. The minimum atomic E-state index is -3.40. The molecule has 1 aromatic rings. The van der Waals surface area contributed by atoms with E-state index in [2.05, 4.69) is 10.4 Å². The van der Waals surface area contributed by atoms with E-state index in [1.54, 1.807) is 21.3 Å². The van der Waals surface area contributed by atoms with Gasteiger partial charge in [0.25, 0.3) is 10.0 Å². The van der Waals surface area contributed by atoms with Crippen LogP contribution in [0.2, 0.25) is 0 Å². The molecular formula is C14H24N4O2S. The summed E-state index contributed by atoms with van der Waals surface area (Å²) in [5.74, 6) is 0.866. The Morgan fingerprint density at radius 1 is 1.29 bits per heavy atom. The van der Waals surface area contributed by atoms with E-state index in [0.717, 1.165) is 25.3 Å². The van der Waals surface area contributed by atoms with Crippen molar-refractivity contribution in [2.24, 2.45) is 5.92 Å². The van der Waals surface area contributed by atoms with Gasteiger partial charge in [-0.15, -0.1) is 0 Å². The largest absolute Gasteiger partial charge is 0.314 e. The number of hydrogen-bond donors (Lipinski definition) is 1. The second kappa shape index (κ2) is 6.06. The number of sulfonamides is 1. The SMILES string of the molecule is CCn1nccc1S(=O)(=O)N1CCC(NCC2CC2)CC1. The first kappa shape index (κ1) is 15.0. The highest BCUT2D eigenvalue weighted by Gasteiger charge is 2.32. The summed E-state index contributed by atoms with van der Waals surface area (Å²) in [4.78, 5) is 0. The first-order valence-corrected chi connectivity index (χ1v) is 9.30. The Kier molecular flexibility index (Phi) is 4.33. The number of nitrogens with one attached hydrogen (secondary N) is 1. The maximum absolute atomic E-state index is 12.7. The third kappa shape index (κ3) is 3.30. The number of hydrogen-bond acceptors (Lipinski definition) is 4. The van der Waals surface area contributed by atoms with Crippen LogP contribution < -0.4 is 5.32 Å². The van der Waals surface area contributed by atoms with Crippen molar-refractivity contribution in [3.8, 4) is 0 Å². The van der Waals surface area contributed by atoms with E-state index in [9.17, 15) is 8.42 Å². The van der Waals surface area contributed by atoms with E-state index in [1.807, 2.05) is 6.92 Å². The topological polar surface area (TPSA) is 67.2 Å². The summed E-state index contributed by atoms with van der Waals surface area (Å²) in [6.07, 6.45) is 6.04. The molecule has 21 heavy (non-hydrogen) atoms. The van der Waals surface area contributed by atoms with Crippen molar-refractivity contribution < 1.29 is 8.42 Å². The van der Waals surface area contributed by atoms with Crippen LogP contribution in [0.3, 0.4) is 0 Å². The molecule has 2 heterocycles. The van der Waals surface area contributed by atoms with E-state index < -0.39 is 10.0 Å². The molecule has 2 aliphatic rings. The summed E-state index contributed by atoms with van der Waals surface area (Å²) in [6, 6.07) is 2.06. The van der Waals surface area contributed by atoms with Crippen molar-refractivity contribution in [1.82, 2.24) is 19.4 Å². The van der Waals surface area contributed by atoms with Gasteiger partial charge in [0.1, 0.15) is 0 Å². The van der Waals surface area contributed by atoms with Crippen LogP contribution in [0.1, 0.15) is 32.6 Å². The molecule has 1 aliphatic heterocycles. The van der Waals surface area contributed by atoms with Gasteiger partial charge in [-0.2, -0.15) is 9.40 Å². The maximum atomic E-state index is 12.7. The van der Waals surface area contributed by atoms with Gasteiger partial charge >= 0.3 is 0 Å². The molecule has 1 aliphatic carbocycles. The van der Waals surface area contributed by atoms with Crippen LogP contribution in [0.15, 0.2) is 17.3 Å². The van der Waals surface area contributed by atoms with Gasteiger partial charge in [-0.3, -0.25) is 4.68 Å². The molecule has 1 aromatic heterocycles. The molecule has 0 spiro atoms. The molecule has 3 rings (SSSR count). The molecule has 7 heteroatoms. The second-order valence-electron chi connectivity index (χ2n) is 6.02. The third-order valence-electron chi connectivity index (χ3n) is 4.43. The standard InChI is InChI=1S/C14H24N4O2S/c1-2-18-14(5-8-16-18)21(19,20)17-9-6-13(7-10-17)15-11-12-3-4-12/h5,8,12-13,15H,2-4,6-7,9-11H2,1H3. The second-order valence-corrected chi connectivity index (χ2v) is 7.90. The van der Waals surface area contributed by atoms with E-state index in [1.165, 1.54) is 12.8 Å². The van der Waals surface area contributed by atoms with Crippen LogP contribution in [-0.2, 0) is 16.6 Å². The molecule has 0 bridgehead atoms. The minimum Gasteiger partial charge on any atom is -0.314 e. The van der Waals surface area contributed by atoms with E-state index in [4.69, 9.17) is 0 Å². The fraction of sp³-hybridized carbons (Fsp3) is 0.786. The smallest absolute Gasteiger partial charge is 0.260 e. The van der Waals surface area contributed by atoms with Gasteiger partial charge in [0.15, 0.2) is 5.03 Å². The van der Waals surface area contributed by atoms with Crippen molar-refractivity contribution in [3.63, 3.8) is 0 Å². The predicted octanol–water partition coefficient (Wildman–Crippen LogP) is 1.06. The Bertz CT molecular complexity index is 572. The summed E-state index contributed by atoms with van der Waals surface area (Å²) < 4.78 is 28.5. The Hall–Kier alpha value is -0.920. The van der Waals surface area contributed by atoms with Gasteiger partial charge in [0.05, 0.1) is 6.20 Å². The molecule has 1 saturated heterocycles. The van der Waals surface area contributed by atoms with Crippen LogP contribution in [0.25, 0.3) is 0 Å². The van der Waals surface area contributed by atoms with E-state index in [-0.39, 0.29) is 0 Å². The monoisotopic (exact) mass is 312 g/mol. The number of nitrogens with zero attached hydrogens (tertiary/aromatic N) is 3. The van der Waals surface area contributed by atoms with Crippen LogP contribution in [-0.4, -0.2) is 48.2 Å². The summed E-state index contributed by atoms with van der Waals surface area (Å²) in [7, 11) is -3.40. The average Bonchev–Trinajstić information content (AvgIpc) is 3.19. The fourth-order valence-electron chi connectivity index (χ4n) is 2.87. The Morgan fingerprint density at radius 2 is 2.00 bits per heavy atom. The van der Waals surface area contributed by atoms with Gasteiger partial charge in [-0.05, 0) is 51.1 Å². The Labute approximate surface area is 126 Å². The Balaban J connectivity index is 1.60. The molecular weight excluding hydrogens is 288 g/mol. The first-order valence-electron chi connectivity index (χ1n) is 7.86. The maximum Gasteiger partial charge on any atom is 0.260 e. The minimum absolute atomic E-state index is 0.314. The molecule has 0 aromatic carbocycles. The lowest BCUT2D eigenvalue weighted by Crippen LogP contribution is -2.45. The highest BCUT2D eigenvalue weighted by Crippen LogP contribution is 2.28. The number of piperidine rings is 1. The third-order valence-corrected chi connectivity index (χ3v) is 6.35. The quantitative estimate of drug-likeness (QED) is 0.853. The normalized spacial score (nSPS) is 21.8. The molecule has 0 amide bonds. The van der Waals surface area contributed by atoms with Crippen molar-refractivity contribution >= 4 is 10.0 Å². The summed E-state index contributed by atoms with van der Waals surface area (Å²) in [5, 5.41) is 7.95. The van der Waals surface area contributed by atoms with Crippen LogP contribution in [0.4, 0.5) is 0 Å². The predicted molar refractivity (Wildman–Crippen MR) is 80.4 cm³/mol. The van der Waals surface area contributed by atoms with Crippen LogP contribution in [0, 0.1) is 5.92 Å². The van der Waals surface area contributed by atoms with Gasteiger partial charge in [-0.1, -0.05) is 0 Å². The number of rotatable bonds is 6. The zero-order valence-corrected chi connectivity index (χ0v) is 13.3. The van der Waals surface area contributed by atoms with Crippen LogP contribution >= 0.6 is 0 Å². The lowest BCUT2D eigenvalue weighted by Gasteiger charge is -2.31. The summed E-state index contributed by atoms with van der Waals surface area (Å²) >= 11 is 0. The van der Waals surface area contributed by atoms with Gasteiger partial charge in [0.2, 0.25) is 0 Å². The molecule has 2 fully saturated rings. The van der Waals surface area contributed by atoms with Crippen molar-refractivity contribution in [3.05, 3.63) is 12.3 Å². The zero-order valence-electron chi connectivity index (χ0n) is 12.5. The highest BCUT2D eigenvalue weighted by atomic mass is 32.2. The lowest BCUT2D eigenvalue weighted by atomic mass is 10.1.